The van der Waals surface area contributed by atoms with Crippen LogP contribution in [-0.2, 0) is 0 Å². The topological polar surface area (TPSA) is 12.0 Å². The number of rotatable bonds is 3. The van der Waals surface area contributed by atoms with E-state index in [0.29, 0.717) is 11.5 Å². The van der Waals surface area contributed by atoms with Crippen molar-refractivity contribution >= 4 is 0 Å². The van der Waals surface area contributed by atoms with Gasteiger partial charge in [0.1, 0.15) is 0 Å². The first-order valence-electron chi connectivity index (χ1n) is 5.41. The lowest BCUT2D eigenvalue weighted by Gasteiger charge is -2.32. The van der Waals surface area contributed by atoms with Crippen LogP contribution in [0.3, 0.4) is 0 Å². The van der Waals surface area contributed by atoms with Crippen LogP contribution in [0.2, 0.25) is 0 Å². The van der Waals surface area contributed by atoms with Crippen LogP contribution in [0.5, 0.6) is 0 Å². The molecular weight excluding hydrogens is 158 g/mol. The molecule has 1 heteroatoms. The second kappa shape index (κ2) is 4.28. The third-order valence-corrected chi connectivity index (χ3v) is 3.31. The van der Waals surface area contributed by atoms with Crippen LogP contribution < -0.4 is 5.32 Å². The van der Waals surface area contributed by atoms with Crippen molar-refractivity contribution in [1.82, 2.24) is 5.32 Å². The number of hydrogen-bond acceptors (Lipinski definition) is 1. The minimum Gasteiger partial charge on any atom is -0.313 e. The van der Waals surface area contributed by atoms with Crippen molar-refractivity contribution in [3.05, 3.63) is 11.6 Å². The van der Waals surface area contributed by atoms with Gasteiger partial charge in [-0.2, -0.15) is 0 Å². The number of nitrogens with one attached hydrogen (secondary N) is 1. The minimum absolute atomic E-state index is 0.506. The fourth-order valence-electron chi connectivity index (χ4n) is 2.46. The molecule has 0 aromatic carbocycles. The molecule has 0 amide bonds. The maximum Gasteiger partial charge on any atom is 0.0303 e. The molecule has 0 saturated heterocycles. The molecule has 1 rings (SSSR count). The molecule has 13 heavy (non-hydrogen) atoms. The van der Waals surface area contributed by atoms with Crippen molar-refractivity contribution in [2.75, 3.05) is 7.05 Å². The van der Waals surface area contributed by atoms with Crippen LogP contribution in [0.4, 0.5) is 0 Å². The van der Waals surface area contributed by atoms with E-state index in [4.69, 9.17) is 0 Å². The lowest BCUT2D eigenvalue weighted by Crippen LogP contribution is -2.38. The normalized spacial score (nSPS) is 22.8. The van der Waals surface area contributed by atoms with E-state index in [1.807, 2.05) is 0 Å². The number of likely N-dealkylation sites (N-methyl/N-ethyl adjacent to an activating group) is 1. The summed E-state index contributed by atoms with van der Waals surface area (Å²) in [4.78, 5) is 0. The summed E-state index contributed by atoms with van der Waals surface area (Å²) in [6, 6.07) is 0.569. The molecule has 0 radical (unpaired) electrons. The molecule has 1 nitrogen and oxygen atoms in total. The van der Waals surface area contributed by atoms with Gasteiger partial charge in [-0.05, 0) is 39.2 Å². The first kappa shape index (κ1) is 10.8. The second-order valence-electron chi connectivity index (χ2n) is 4.87. The highest BCUT2D eigenvalue weighted by Gasteiger charge is 2.34. The van der Waals surface area contributed by atoms with E-state index in [0.717, 1.165) is 0 Å². The Hall–Kier alpha value is -0.300. The quantitative estimate of drug-likeness (QED) is 0.660. The van der Waals surface area contributed by atoms with Crippen LogP contribution >= 0.6 is 0 Å². The lowest BCUT2D eigenvalue weighted by atomic mass is 9.80. The summed E-state index contributed by atoms with van der Waals surface area (Å²) >= 11 is 0. The number of allylic oxidation sites excluding steroid dienone is 1. The molecule has 0 aliphatic heterocycles. The zero-order valence-corrected chi connectivity index (χ0v) is 9.48. The van der Waals surface area contributed by atoms with Gasteiger partial charge < -0.3 is 5.32 Å². The molecule has 1 fully saturated rings. The third kappa shape index (κ3) is 2.57. The SMILES string of the molecule is CNC(C=C(C)C)C1(C)CCCC1. The van der Waals surface area contributed by atoms with Gasteiger partial charge in [0.25, 0.3) is 0 Å². The molecule has 0 bridgehead atoms. The van der Waals surface area contributed by atoms with E-state index in [1.54, 1.807) is 0 Å². The predicted molar refractivity (Wildman–Crippen MR) is 58.9 cm³/mol. The summed E-state index contributed by atoms with van der Waals surface area (Å²) in [5.74, 6) is 0. The van der Waals surface area contributed by atoms with Crippen LogP contribution in [0.25, 0.3) is 0 Å². The summed E-state index contributed by atoms with van der Waals surface area (Å²) in [6.07, 6.45) is 7.95. The Morgan fingerprint density at radius 1 is 1.31 bits per heavy atom. The van der Waals surface area contributed by atoms with Crippen LogP contribution in [0, 0.1) is 5.41 Å². The molecule has 1 aliphatic carbocycles. The van der Waals surface area contributed by atoms with Gasteiger partial charge in [-0.15, -0.1) is 0 Å². The fraction of sp³-hybridized carbons (Fsp3) is 0.833. The molecule has 1 aliphatic rings. The highest BCUT2D eigenvalue weighted by Crippen LogP contribution is 2.41. The van der Waals surface area contributed by atoms with E-state index in [-0.39, 0.29) is 0 Å². The van der Waals surface area contributed by atoms with Gasteiger partial charge in [0.15, 0.2) is 0 Å². The molecule has 0 aromatic rings. The molecule has 1 saturated carbocycles. The summed E-state index contributed by atoms with van der Waals surface area (Å²) in [5.41, 5.74) is 1.93. The van der Waals surface area contributed by atoms with Gasteiger partial charge >= 0.3 is 0 Å². The van der Waals surface area contributed by atoms with E-state index < -0.39 is 0 Å². The van der Waals surface area contributed by atoms with Crippen molar-refractivity contribution in [3.63, 3.8) is 0 Å². The van der Waals surface area contributed by atoms with Crippen LogP contribution in [0.15, 0.2) is 11.6 Å². The average molecular weight is 181 g/mol. The molecule has 1 unspecified atom stereocenters. The highest BCUT2D eigenvalue weighted by molar-refractivity contribution is 5.07. The van der Waals surface area contributed by atoms with Crippen LogP contribution in [0.1, 0.15) is 46.5 Å². The van der Waals surface area contributed by atoms with Crippen molar-refractivity contribution in [2.45, 2.75) is 52.5 Å². The first-order valence-corrected chi connectivity index (χ1v) is 5.41. The smallest absolute Gasteiger partial charge is 0.0303 e. The summed E-state index contributed by atoms with van der Waals surface area (Å²) in [7, 11) is 2.08. The Labute approximate surface area is 82.6 Å². The van der Waals surface area contributed by atoms with E-state index in [1.165, 1.54) is 31.3 Å². The maximum absolute atomic E-state index is 3.44. The summed E-state index contributed by atoms with van der Waals surface area (Å²) in [6.45, 7) is 6.78. The van der Waals surface area contributed by atoms with Crippen molar-refractivity contribution in [1.29, 1.82) is 0 Å². The summed E-state index contributed by atoms with van der Waals surface area (Å²) < 4.78 is 0. The van der Waals surface area contributed by atoms with Gasteiger partial charge in [0.05, 0.1) is 0 Å². The first-order chi connectivity index (χ1) is 6.08. The zero-order chi connectivity index (χ0) is 9.90. The Bertz CT molecular complexity index is 183. The maximum atomic E-state index is 3.44. The second-order valence-corrected chi connectivity index (χ2v) is 4.87. The Kier molecular flexibility index (Phi) is 3.55. The lowest BCUT2D eigenvalue weighted by molar-refractivity contribution is 0.268. The third-order valence-electron chi connectivity index (χ3n) is 3.31. The molecular formula is C12H23N. The van der Waals surface area contributed by atoms with Gasteiger partial charge in [-0.3, -0.25) is 0 Å². The Morgan fingerprint density at radius 3 is 2.23 bits per heavy atom. The monoisotopic (exact) mass is 181 g/mol. The molecule has 0 spiro atoms. The fourth-order valence-corrected chi connectivity index (χ4v) is 2.46. The van der Waals surface area contributed by atoms with Gasteiger partial charge in [0, 0.05) is 6.04 Å². The summed E-state index contributed by atoms with van der Waals surface area (Å²) in [5, 5.41) is 3.44. The van der Waals surface area contributed by atoms with E-state index in [9.17, 15) is 0 Å². The minimum atomic E-state index is 0.506. The van der Waals surface area contributed by atoms with Gasteiger partial charge in [-0.1, -0.05) is 31.4 Å². The van der Waals surface area contributed by atoms with E-state index >= 15 is 0 Å². The van der Waals surface area contributed by atoms with Crippen LogP contribution in [-0.4, -0.2) is 13.1 Å². The van der Waals surface area contributed by atoms with Crippen molar-refractivity contribution in [2.24, 2.45) is 5.41 Å². The number of hydrogen-bond donors (Lipinski definition) is 1. The predicted octanol–water partition coefficient (Wildman–Crippen LogP) is 3.12. The van der Waals surface area contributed by atoms with Gasteiger partial charge in [-0.25, -0.2) is 0 Å². The zero-order valence-electron chi connectivity index (χ0n) is 9.48. The Morgan fingerprint density at radius 2 is 1.85 bits per heavy atom. The Balaban J connectivity index is 2.70. The molecule has 0 aromatic heterocycles. The van der Waals surface area contributed by atoms with Crippen molar-refractivity contribution < 1.29 is 0 Å². The highest BCUT2D eigenvalue weighted by atomic mass is 14.9. The standard InChI is InChI=1S/C12H23N/c1-10(2)9-11(13-4)12(3)7-5-6-8-12/h9,11,13H,5-8H2,1-4H3. The van der Waals surface area contributed by atoms with E-state index in [2.05, 4.69) is 39.2 Å². The van der Waals surface area contributed by atoms with Crippen molar-refractivity contribution in [3.8, 4) is 0 Å². The molecule has 1 N–H and O–H groups in total. The molecule has 0 heterocycles. The largest absolute Gasteiger partial charge is 0.313 e. The molecule has 1 atom stereocenters. The van der Waals surface area contributed by atoms with Gasteiger partial charge in [0.2, 0.25) is 0 Å². The average Bonchev–Trinajstić information content (AvgIpc) is 2.48. The molecule has 76 valence electrons.